The van der Waals surface area contributed by atoms with E-state index in [1.807, 2.05) is 24.7 Å². The van der Waals surface area contributed by atoms with Gasteiger partial charge in [0.05, 0.1) is 0 Å². The maximum absolute atomic E-state index is 9.11. The maximum atomic E-state index is 9.11. The molecule has 60 heavy (non-hydrogen) atoms. The van der Waals surface area contributed by atoms with E-state index in [1.54, 1.807) is 14.2 Å². The third-order valence-corrected chi connectivity index (χ3v) is 59.3. The van der Waals surface area contributed by atoms with Crippen molar-refractivity contribution in [3.05, 3.63) is 179 Å². The van der Waals surface area contributed by atoms with E-state index < -0.39 is 20.4 Å². The van der Waals surface area contributed by atoms with E-state index in [-0.39, 0.29) is 7.25 Å². The normalized spacial score (nSPS) is 16.1. The summed E-state index contributed by atoms with van der Waals surface area (Å²) in [6, 6.07) is 42.5. The molecule has 8 aromatic rings. The number of furan rings is 2. The van der Waals surface area contributed by atoms with E-state index in [0.717, 1.165) is 111 Å². The topological polar surface area (TPSA) is 44.7 Å². The van der Waals surface area contributed by atoms with Crippen LogP contribution in [0, 0.1) is 13.8 Å². The molecule has 2 unspecified atom stereocenters. The minimum atomic E-state index is -5.59. The molecule has 0 bridgehead atoms. The molecule has 2 heterocycles. The average molecular weight is 923 g/mol. The summed E-state index contributed by atoms with van der Waals surface area (Å²) >= 11 is -5.59. The Labute approximate surface area is 358 Å². The van der Waals surface area contributed by atoms with Crippen molar-refractivity contribution in [2.24, 2.45) is 0 Å². The van der Waals surface area contributed by atoms with Crippen molar-refractivity contribution in [1.29, 1.82) is 0 Å². The molecule has 2 atom stereocenters. The molecule has 0 saturated carbocycles. The second kappa shape index (κ2) is 14.7. The van der Waals surface area contributed by atoms with Crippen LogP contribution < -0.4 is 9.47 Å². The number of ether oxygens (including phenoxy) is 2. The van der Waals surface area contributed by atoms with Gasteiger partial charge in [-0.1, -0.05) is 0 Å². The Morgan fingerprint density at radius 2 is 0.983 bits per heavy atom. The van der Waals surface area contributed by atoms with Gasteiger partial charge in [0.1, 0.15) is 0 Å². The van der Waals surface area contributed by atoms with E-state index in [1.165, 1.54) is 0 Å². The van der Waals surface area contributed by atoms with Gasteiger partial charge in [-0.3, -0.25) is 0 Å². The molecule has 0 amide bonds. The summed E-state index contributed by atoms with van der Waals surface area (Å²) in [6.07, 6.45) is 8.41. The molecule has 10 rings (SSSR count). The molecule has 6 aromatic carbocycles. The molecule has 0 spiro atoms. The molecule has 2 aliphatic rings. The first-order valence-electron chi connectivity index (χ1n) is 20.3. The van der Waals surface area contributed by atoms with Crippen molar-refractivity contribution < 1.29 is 33.3 Å². The van der Waals surface area contributed by atoms with Crippen molar-refractivity contribution in [3.8, 4) is 33.8 Å². The van der Waals surface area contributed by atoms with Crippen LogP contribution in [0.2, 0.25) is 13.1 Å². The summed E-state index contributed by atoms with van der Waals surface area (Å²) < 4.78 is 24.2. The van der Waals surface area contributed by atoms with E-state index in [2.05, 4.69) is 148 Å². The molecular formula is C52H44Cl2O4SiZr. The monoisotopic (exact) mass is 920 g/mol. The summed E-state index contributed by atoms with van der Waals surface area (Å²) in [5, 5.41) is 4.17. The second-order valence-corrected chi connectivity index (χ2v) is 55.3. The minimum absolute atomic E-state index is 0.324. The van der Waals surface area contributed by atoms with Crippen LogP contribution in [0.25, 0.3) is 67.1 Å². The number of aryl methyl sites for hydroxylation is 2. The standard InChI is InChI=1S/2C25H19O2.C2H6Si.2ClH.Zr/c2*1-16-10-11-17-12-20(25-22-9-4-3-6-19(22)15-27-25)14-23(17)24(16)18-7-5-8-21(13-18)26-2;1-3-2;;;/h2*3-15H,1-2H3;1-2H3;2*1H;/q;;;;;+2/p-2. The Morgan fingerprint density at radius 3 is 1.40 bits per heavy atom. The van der Waals surface area contributed by atoms with Gasteiger partial charge >= 0.3 is 362 Å². The number of hydrogen-bond donors (Lipinski definition) is 0. The van der Waals surface area contributed by atoms with Gasteiger partial charge in [0.2, 0.25) is 0 Å². The molecule has 2 aromatic heterocycles. The van der Waals surface area contributed by atoms with Crippen molar-refractivity contribution in [2.45, 2.75) is 34.2 Å². The third-order valence-electron chi connectivity index (χ3n) is 13.1. The zero-order valence-corrected chi connectivity index (χ0v) is 39.4. The van der Waals surface area contributed by atoms with Gasteiger partial charge in [0.15, 0.2) is 0 Å². The van der Waals surface area contributed by atoms with Crippen LogP contribution in [0.5, 0.6) is 11.5 Å². The van der Waals surface area contributed by atoms with E-state index in [4.69, 9.17) is 35.3 Å². The van der Waals surface area contributed by atoms with Crippen LogP contribution in [0.3, 0.4) is 0 Å². The quantitative estimate of drug-likeness (QED) is 0.142. The van der Waals surface area contributed by atoms with Crippen LogP contribution in [-0.2, 0) is 15.0 Å². The molecule has 8 heteroatoms. The fourth-order valence-corrected chi connectivity index (χ4v) is 37.8. The number of hydrogen-bond acceptors (Lipinski definition) is 4. The van der Waals surface area contributed by atoms with E-state index >= 15 is 0 Å². The first-order valence-corrected chi connectivity index (χ1v) is 35.7. The molecule has 0 radical (unpaired) electrons. The molecule has 4 nitrogen and oxygen atoms in total. The Balaban J connectivity index is 1.31. The van der Waals surface area contributed by atoms with Crippen molar-refractivity contribution >= 4 is 67.3 Å². The summed E-state index contributed by atoms with van der Waals surface area (Å²) in [6.45, 7) is 9.05. The van der Waals surface area contributed by atoms with Crippen LogP contribution >= 0.6 is 17.0 Å². The van der Waals surface area contributed by atoms with Crippen LogP contribution in [0.4, 0.5) is 0 Å². The molecule has 0 saturated heterocycles. The van der Waals surface area contributed by atoms with Gasteiger partial charge in [-0.2, -0.15) is 0 Å². The van der Waals surface area contributed by atoms with Crippen molar-refractivity contribution in [3.63, 3.8) is 0 Å². The number of halogens is 2. The Morgan fingerprint density at radius 1 is 0.550 bits per heavy atom. The third kappa shape index (κ3) is 5.86. The molecule has 0 N–H and O–H groups in total. The van der Waals surface area contributed by atoms with Gasteiger partial charge in [-0.05, 0) is 0 Å². The molecule has 0 fully saturated rings. The summed E-state index contributed by atoms with van der Waals surface area (Å²) in [7, 11) is 21.6. The number of allylic oxidation sites excluding steroid dienone is 2. The molecule has 2 aliphatic carbocycles. The Bertz CT molecular complexity index is 3010. The van der Waals surface area contributed by atoms with E-state index in [9.17, 15) is 0 Å². The van der Waals surface area contributed by atoms with Gasteiger partial charge in [0, 0.05) is 0 Å². The number of fused-ring (bicyclic) bond motifs is 4. The SMILES string of the molecule is COc1cccc(-c2c(C)ccc3c2C=C(c2occ4ccccc24)[CH]3[Zr]([Cl])([Cl])([CH]2C(c3occ4ccccc34)=Cc3c2ccc(C)c3-c2cccc(OC)c2)=[Si](C)C)c1. The fourth-order valence-electron chi connectivity index (χ4n) is 10.1. The number of methoxy groups -OCH3 is 2. The zero-order valence-electron chi connectivity index (χ0n) is 34.4. The van der Waals surface area contributed by atoms with Crippen LogP contribution in [0.15, 0.2) is 143 Å². The molecule has 0 aliphatic heterocycles. The number of rotatable bonds is 8. The fraction of sp³-hybridized carbons (Fsp3) is 0.154. The van der Waals surface area contributed by atoms with Crippen molar-refractivity contribution in [1.82, 2.24) is 0 Å². The van der Waals surface area contributed by atoms with Gasteiger partial charge in [0.25, 0.3) is 0 Å². The van der Waals surface area contributed by atoms with E-state index in [0.29, 0.717) is 0 Å². The van der Waals surface area contributed by atoms with Crippen LogP contribution in [-0.4, -0.2) is 19.7 Å². The number of benzene rings is 6. The Kier molecular flexibility index (Phi) is 9.61. The first kappa shape index (κ1) is 39.3. The average Bonchev–Trinajstić information content (AvgIpc) is 4.06. The van der Waals surface area contributed by atoms with Crippen LogP contribution in [0.1, 0.15) is 52.2 Å². The summed E-state index contributed by atoms with van der Waals surface area (Å²) in [5.41, 5.74) is 11.9. The van der Waals surface area contributed by atoms with Gasteiger partial charge < -0.3 is 0 Å². The predicted molar refractivity (Wildman–Crippen MR) is 249 cm³/mol. The summed E-state index contributed by atoms with van der Waals surface area (Å²) in [4.78, 5) is 0. The van der Waals surface area contributed by atoms with Gasteiger partial charge in [-0.15, -0.1) is 0 Å². The van der Waals surface area contributed by atoms with Crippen molar-refractivity contribution in [2.75, 3.05) is 14.2 Å². The first-order chi connectivity index (χ1) is 29.0. The summed E-state index contributed by atoms with van der Waals surface area (Å²) in [5.74, 6) is 3.24. The molecule has 298 valence electrons. The predicted octanol–water partition coefficient (Wildman–Crippen LogP) is 15.3. The second-order valence-electron chi connectivity index (χ2n) is 16.5. The Hall–Kier alpha value is -4.84. The van der Waals surface area contributed by atoms with Gasteiger partial charge in [-0.25, -0.2) is 0 Å². The zero-order chi connectivity index (χ0) is 41.5. The molecular weight excluding hydrogens is 879 g/mol.